The van der Waals surface area contributed by atoms with Gasteiger partial charge in [-0.2, -0.15) is 5.10 Å². The predicted octanol–water partition coefficient (Wildman–Crippen LogP) is -1.28. The van der Waals surface area contributed by atoms with Gasteiger partial charge in [0.25, 0.3) is 0 Å². The van der Waals surface area contributed by atoms with E-state index in [2.05, 4.69) is 5.10 Å². The third kappa shape index (κ3) is 2.96. The second kappa shape index (κ2) is 4.36. The molecule has 1 aromatic heterocycles. The van der Waals surface area contributed by atoms with E-state index in [1.807, 2.05) is 0 Å². The lowest BCUT2D eigenvalue weighted by Crippen LogP contribution is -2.45. The molecule has 2 rings (SSSR count). The van der Waals surface area contributed by atoms with Crippen molar-refractivity contribution in [3.63, 3.8) is 0 Å². The Hall–Kier alpha value is -1.57. The lowest BCUT2D eigenvalue weighted by molar-refractivity contribution is -0.131. The van der Waals surface area contributed by atoms with Gasteiger partial charge in [-0.25, -0.2) is 8.42 Å². The third-order valence-electron chi connectivity index (χ3n) is 2.66. The van der Waals surface area contributed by atoms with Crippen LogP contribution in [0.5, 0.6) is 0 Å². The fourth-order valence-electron chi connectivity index (χ4n) is 1.67. The molecule has 1 amide bonds. The van der Waals surface area contributed by atoms with Crippen molar-refractivity contribution in [1.29, 1.82) is 0 Å². The minimum absolute atomic E-state index is 0.0417. The van der Waals surface area contributed by atoms with Gasteiger partial charge in [0.2, 0.25) is 5.91 Å². The molecule has 1 saturated heterocycles. The zero-order valence-corrected chi connectivity index (χ0v) is 10.1. The molecule has 0 spiro atoms. The van der Waals surface area contributed by atoms with Gasteiger partial charge in [-0.05, 0) is 6.07 Å². The van der Waals surface area contributed by atoms with Crippen LogP contribution in [0, 0.1) is 0 Å². The SMILES string of the molecule is Nc1ccn(CC(=O)N2CCS(=O)(=O)CC2)n1. The highest BCUT2D eigenvalue weighted by molar-refractivity contribution is 7.91. The lowest BCUT2D eigenvalue weighted by Gasteiger charge is -2.26. The van der Waals surface area contributed by atoms with E-state index in [1.165, 1.54) is 4.68 Å². The van der Waals surface area contributed by atoms with Gasteiger partial charge in [0, 0.05) is 19.3 Å². The maximum Gasteiger partial charge on any atom is 0.244 e. The molecular formula is C9H14N4O3S. The monoisotopic (exact) mass is 258 g/mol. The maximum absolute atomic E-state index is 11.8. The van der Waals surface area contributed by atoms with Gasteiger partial charge in [-0.3, -0.25) is 9.48 Å². The lowest BCUT2D eigenvalue weighted by atomic mass is 10.4. The van der Waals surface area contributed by atoms with Crippen LogP contribution in [0.25, 0.3) is 0 Å². The van der Waals surface area contributed by atoms with Crippen LogP contribution in [0.2, 0.25) is 0 Å². The molecule has 1 fully saturated rings. The molecule has 2 heterocycles. The molecule has 0 atom stereocenters. The summed E-state index contributed by atoms with van der Waals surface area (Å²) in [7, 11) is -2.95. The average Bonchev–Trinajstić information content (AvgIpc) is 2.63. The summed E-state index contributed by atoms with van der Waals surface area (Å²) in [6.45, 7) is 0.618. The Labute approximate surface area is 99.1 Å². The average molecular weight is 258 g/mol. The van der Waals surface area contributed by atoms with Crippen LogP contribution < -0.4 is 5.73 Å². The van der Waals surface area contributed by atoms with Gasteiger partial charge < -0.3 is 10.6 Å². The predicted molar refractivity (Wildman–Crippen MR) is 61.9 cm³/mol. The third-order valence-corrected chi connectivity index (χ3v) is 4.26. The summed E-state index contributed by atoms with van der Waals surface area (Å²) in [5, 5.41) is 3.90. The highest BCUT2D eigenvalue weighted by atomic mass is 32.2. The molecule has 7 nitrogen and oxygen atoms in total. The summed E-state index contributed by atoms with van der Waals surface area (Å²) in [5.74, 6) is 0.307. The molecule has 8 heteroatoms. The number of nitrogens with zero attached hydrogens (tertiary/aromatic N) is 3. The number of hydrogen-bond donors (Lipinski definition) is 1. The number of carbonyl (C=O) groups is 1. The number of hydrogen-bond acceptors (Lipinski definition) is 5. The van der Waals surface area contributed by atoms with E-state index in [-0.39, 0.29) is 37.0 Å². The second-order valence-corrected chi connectivity index (χ2v) is 6.27. The van der Waals surface area contributed by atoms with Crippen LogP contribution in [0.3, 0.4) is 0 Å². The highest BCUT2D eigenvalue weighted by Gasteiger charge is 2.24. The molecule has 17 heavy (non-hydrogen) atoms. The fourth-order valence-corrected chi connectivity index (χ4v) is 2.87. The number of rotatable bonds is 2. The van der Waals surface area contributed by atoms with Crippen molar-refractivity contribution in [3.05, 3.63) is 12.3 Å². The van der Waals surface area contributed by atoms with E-state index in [0.29, 0.717) is 5.82 Å². The van der Waals surface area contributed by atoms with E-state index in [9.17, 15) is 13.2 Å². The number of nitrogens with two attached hydrogens (primary N) is 1. The summed E-state index contributed by atoms with van der Waals surface area (Å²) in [6, 6.07) is 1.61. The van der Waals surface area contributed by atoms with Crippen molar-refractivity contribution in [2.75, 3.05) is 30.3 Å². The topological polar surface area (TPSA) is 98.3 Å². The van der Waals surface area contributed by atoms with Crippen molar-refractivity contribution in [2.24, 2.45) is 0 Å². The second-order valence-electron chi connectivity index (χ2n) is 3.97. The number of sulfone groups is 1. The van der Waals surface area contributed by atoms with Crippen LogP contribution in [0.1, 0.15) is 0 Å². The smallest absolute Gasteiger partial charge is 0.244 e. The Bertz CT molecular complexity index is 508. The van der Waals surface area contributed by atoms with Crippen molar-refractivity contribution in [1.82, 2.24) is 14.7 Å². The first-order valence-corrected chi connectivity index (χ1v) is 7.05. The van der Waals surface area contributed by atoms with Gasteiger partial charge in [-0.1, -0.05) is 0 Å². The molecule has 1 aromatic rings. The van der Waals surface area contributed by atoms with E-state index in [0.717, 1.165) is 0 Å². The summed E-state index contributed by atoms with van der Waals surface area (Å²) < 4.78 is 23.9. The maximum atomic E-state index is 11.8. The number of aromatic nitrogens is 2. The normalized spacial score (nSPS) is 19.2. The number of anilines is 1. The standard InChI is InChI=1S/C9H14N4O3S/c10-8-1-2-13(11-8)7-9(14)12-3-5-17(15,16)6-4-12/h1-2H,3-7H2,(H2,10,11). The zero-order chi connectivity index (χ0) is 12.5. The molecule has 1 aliphatic rings. The van der Waals surface area contributed by atoms with Crippen molar-refractivity contribution in [3.8, 4) is 0 Å². The van der Waals surface area contributed by atoms with Crippen LogP contribution >= 0.6 is 0 Å². The molecule has 2 N–H and O–H groups in total. The van der Waals surface area contributed by atoms with E-state index in [4.69, 9.17) is 5.73 Å². The quantitative estimate of drug-likeness (QED) is 0.712. The van der Waals surface area contributed by atoms with Crippen LogP contribution in [-0.4, -0.2) is 53.6 Å². The van der Waals surface area contributed by atoms with Gasteiger partial charge in [0.05, 0.1) is 11.5 Å². The van der Waals surface area contributed by atoms with E-state index in [1.54, 1.807) is 17.2 Å². The summed E-state index contributed by atoms with van der Waals surface area (Å²) >= 11 is 0. The number of nitrogen functional groups attached to an aromatic ring is 1. The number of carbonyl (C=O) groups excluding carboxylic acids is 1. The van der Waals surface area contributed by atoms with Gasteiger partial charge in [0.1, 0.15) is 12.4 Å². The zero-order valence-electron chi connectivity index (χ0n) is 9.24. The molecule has 0 bridgehead atoms. The van der Waals surface area contributed by atoms with E-state index >= 15 is 0 Å². The Morgan fingerprint density at radius 3 is 2.59 bits per heavy atom. The largest absolute Gasteiger partial charge is 0.382 e. The minimum atomic E-state index is -2.95. The number of amides is 1. The van der Waals surface area contributed by atoms with E-state index < -0.39 is 9.84 Å². The Balaban J connectivity index is 1.93. The minimum Gasteiger partial charge on any atom is -0.382 e. The van der Waals surface area contributed by atoms with Crippen molar-refractivity contribution in [2.45, 2.75) is 6.54 Å². The molecular weight excluding hydrogens is 244 g/mol. The first-order chi connectivity index (χ1) is 7.96. The van der Waals surface area contributed by atoms with Crippen molar-refractivity contribution < 1.29 is 13.2 Å². The summed E-state index contributed by atoms with van der Waals surface area (Å²) in [5.41, 5.74) is 5.43. The molecule has 94 valence electrons. The van der Waals surface area contributed by atoms with Gasteiger partial charge in [-0.15, -0.1) is 0 Å². The Kier molecular flexibility index (Phi) is 3.05. The fraction of sp³-hybridized carbons (Fsp3) is 0.556. The molecule has 0 aromatic carbocycles. The molecule has 0 unspecified atom stereocenters. The van der Waals surface area contributed by atoms with Crippen LogP contribution in [-0.2, 0) is 21.2 Å². The molecule has 1 aliphatic heterocycles. The summed E-state index contributed by atoms with van der Waals surface area (Å²) in [6.07, 6.45) is 1.62. The van der Waals surface area contributed by atoms with Gasteiger partial charge >= 0.3 is 0 Å². The Morgan fingerprint density at radius 2 is 2.06 bits per heavy atom. The van der Waals surface area contributed by atoms with Crippen molar-refractivity contribution >= 4 is 21.6 Å². The van der Waals surface area contributed by atoms with Crippen LogP contribution in [0.4, 0.5) is 5.82 Å². The van der Waals surface area contributed by atoms with Gasteiger partial charge in [0.15, 0.2) is 9.84 Å². The summed E-state index contributed by atoms with van der Waals surface area (Å²) in [4.78, 5) is 13.4. The first-order valence-electron chi connectivity index (χ1n) is 5.23. The molecule has 0 saturated carbocycles. The molecule has 0 radical (unpaired) electrons. The highest BCUT2D eigenvalue weighted by Crippen LogP contribution is 2.05. The van der Waals surface area contributed by atoms with Crippen LogP contribution in [0.15, 0.2) is 12.3 Å². The first kappa shape index (κ1) is 11.9. The molecule has 0 aliphatic carbocycles. The Morgan fingerprint density at radius 1 is 1.41 bits per heavy atom.